The number of fused-ring (bicyclic) bond motifs is 1. The summed E-state index contributed by atoms with van der Waals surface area (Å²) in [6, 6.07) is 11.3. The highest BCUT2D eigenvalue weighted by Gasteiger charge is 2.18. The summed E-state index contributed by atoms with van der Waals surface area (Å²) in [5.41, 5.74) is 4.58. The summed E-state index contributed by atoms with van der Waals surface area (Å²) >= 11 is 14.8. The van der Waals surface area contributed by atoms with Gasteiger partial charge in [0.2, 0.25) is 5.91 Å². The third-order valence-corrected chi connectivity index (χ3v) is 6.70. The first kappa shape index (κ1) is 20.2. The summed E-state index contributed by atoms with van der Waals surface area (Å²) in [5, 5.41) is 6.60. The largest absolute Gasteiger partial charge is 0.333 e. The first-order chi connectivity index (χ1) is 13.9. The maximum atomic E-state index is 12.6. The zero-order chi connectivity index (χ0) is 20.5. The Bertz CT molecular complexity index is 1200. The number of amides is 1. The smallest absolute Gasteiger partial charge is 0.239 e. The highest BCUT2D eigenvalue weighted by Crippen LogP contribution is 2.31. The van der Waals surface area contributed by atoms with Gasteiger partial charge in [-0.3, -0.25) is 4.79 Å². The number of benzene rings is 2. The second-order valence-corrected chi connectivity index (χ2v) is 9.48. The number of carbonyl (C=O) groups excluding carboxylic acids is 1. The summed E-state index contributed by atoms with van der Waals surface area (Å²) < 4.78 is 0. The lowest BCUT2D eigenvalue weighted by Crippen LogP contribution is -2.22. The summed E-state index contributed by atoms with van der Waals surface area (Å²) in [7, 11) is 0. The van der Waals surface area contributed by atoms with Crippen LogP contribution in [0.2, 0.25) is 10.0 Å². The molecular weight excluding hydrogens is 447 g/mol. The van der Waals surface area contributed by atoms with E-state index in [1.165, 1.54) is 23.1 Å². The van der Waals surface area contributed by atoms with Crippen molar-refractivity contribution in [2.75, 3.05) is 5.32 Å². The van der Waals surface area contributed by atoms with Crippen LogP contribution in [0.4, 0.5) is 5.13 Å². The molecule has 9 heteroatoms. The zero-order valence-electron chi connectivity index (χ0n) is 15.5. The van der Waals surface area contributed by atoms with Crippen molar-refractivity contribution in [3.8, 4) is 11.3 Å². The van der Waals surface area contributed by atoms with Gasteiger partial charge in [0.05, 0.1) is 32.0 Å². The van der Waals surface area contributed by atoms with Crippen LogP contribution in [0.15, 0.2) is 46.9 Å². The van der Waals surface area contributed by atoms with E-state index in [0.29, 0.717) is 20.3 Å². The van der Waals surface area contributed by atoms with Crippen LogP contribution in [0.1, 0.15) is 12.5 Å². The van der Waals surface area contributed by atoms with Gasteiger partial charge in [0.25, 0.3) is 0 Å². The minimum atomic E-state index is -0.339. The van der Waals surface area contributed by atoms with Gasteiger partial charge in [-0.1, -0.05) is 47.1 Å². The number of anilines is 1. The van der Waals surface area contributed by atoms with Crippen molar-refractivity contribution in [1.29, 1.82) is 0 Å². The molecule has 2 N–H and O–H groups in total. The standard InChI is InChI=1S/C20H16Cl2N4OS2/c1-10-3-6-15-16(7-10)24-20(23-15)29-11(2)18(27)26-19-25-17(9-28-19)12-4-5-13(21)14(22)8-12/h3-9,11H,1-2H3,(H,23,24)(H,25,26,27)/t11-/m1/s1. The quantitative estimate of drug-likeness (QED) is 0.335. The van der Waals surface area contributed by atoms with Crippen molar-refractivity contribution in [3.63, 3.8) is 0 Å². The molecule has 0 aliphatic rings. The third-order valence-electron chi connectivity index (χ3n) is 4.22. The first-order valence-electron chi connectivity index (χ1n) is 8.74. The topological polar surface area (TPSA) is 70.7 Å². The van der Waals surface area contributed by atoms with Crippen molar-refractivity contribution in [2.24, 2.45) is 0 Å². The Morgan fingerprint density at radius 1 is 1.17 bits per heavy atom. The van der Waals surface area contributed by atoms with Crippen molar-refractivity contribution in [1.82, 2.24) is 15.0 Å². The van der Waals surface area contributed by atoms with Crippen LogP contribution >= 0.6 is 46.3 Å². The Morgan fingerprint density at radius 3 is 2.79 bits per heavy atom. The van der Waals surface area contributed by atoms with Crippen molar-refractivity contribution in [3.05, 3.63) is 57.4 Å². The lowest BCUT2D eigenvalue weighted by atomic mass is 10.2. The van der Waals surface area contributed by atoms with Gasteiger partial charge in [0, 0.05) is 10.9 Å². The van der Waals surface area contributed by atoms with Gasteiger partial charge in [-0.25, -0.2) is 9.97 Å². The fourth-order valence-corrected chi connectivity index (χ4v) is 4.54. The van der Waals surface area contributed by atoms with Crippen molar-refractivity contribution >= 4 is 68.4 Å². The number of halogens is 2. The van der Waals surface area contributed by atoms with Gasteiger partial charge >= 0.3 is 0 Å². The summed E-state index contributed by atoms with van der Waals surface area (Å²) in [6.07, 6.45) is 0. The molecule has 148 valence electrons. The predicted octanol–water partition coefficient (Wildman–Crippen LogP) is 6.42. The van der Waals surface area contributed by atoms with Gasteiger partial charge in [0.15, 0.2) is 10.3 Å². The lowest BCUT2D eigenvalue weighted by Gasteiger charge is -2.08. The Morgan fingerprint density at radius 2 is 2.00 bits per heavy atom. The number of aryl methyl sites for hydroxylation is 1. The van der Waals surface area contributed by atoms with Gasteiger partial charge in [-0.2, -0.15) is 0 Å². The number of nitrogens with zero attached hydrogens (tertiary/aromatic N) is 2. The van der Waals surface area contributed by atoms with E-state index in [0.717, 1.165) is 27.9 Å². The number of nitrogens with one attached hydrogen (secondary N) is 2. The van der Waals surface area contributed by atoms with E-state index in [4.69, 9.17) is 23.2 Å². The number of rotatable bonds is 5. The number of aromatic nitrogens is 3. The Balaban J connectivity index is 1.43. The molecule has 0 radical (unpaired) electrons. The molecule has 0 unspecified atom stereocenters. The number of thioether (sulfide) groups is 1. The van der Waals surface area contributed by atoms with Gasteiger partial charge in [-0.15, -0.1) is 11.3 Å². The molecule has 1 amide bonds. The van der Waals surface area contributed by atoms with E-state index in [2.05, 4.69) is 20.3 Å². The number of thiazole rings is 1. The van der Waals surface area contributed by atoms with Crippen molar-refractivity contribution < 1.29 is 4.79 Å². The van der Waals surface area contributed by atoms with E-state index in [-0.39, 0.29) is 11.2 Å². The lowest BCUT2D eigenvalue weighted by molar-refractivity contribution is -0.115. The molecule has 2 aromatic heterocycles. The van der Waals surface area contributed by atoms with Gasteiger partial charge in [0.1, 0.15) is 0 Å². The third kappa shape index (κ3) is 4.59. The molecule has 29 heavy (non-hydrogen) atoms. The fraction of sp³-hybridized carbons (Fsp3) is 0.150. The number of H-pyrrole nitrogens is 1. The van der Waals surface area contributed by atoms with Gasteiger partial charge < -0.3 is 10.3 Å². The van der Waals surface area contributed by atoms with Gasteiger partial charge in [-0.05, 0) is 43.7 Å². The molecular formula is C20H16Cl2N4OS2. The van der Waals surface area contributed by atoms with Crippen molar-refractivity contribution in [2.45, 2.75) is 24.3 Å². The average Bonchev–Trinajstić information content (AvgIpc) is 3.30. The zero-order valence-corrected chi connectivity index (χ0v) is 18.6. The normalized spacial score (nSPS) is 12.3. The molecule has 0 fully saturated rings. The first-order valence-corrected chi connectivity index (χ1v) is 11.3. The van der Waals surface area contributed by atoms with Crippen LogP contribution in [0, 0.1) is 6.92 Å². The second-order valence-electron chi connectivity index (χ2n) is 6.48. The molecule has 0 bridgehead atoms. The SMILES string of the molecule is Cc1ccc2nc(S[C@H](C)C(=O)Nc3nc(-c4ccc(Cl)c(Cl)c4)cs3)[nH]c2c1. The van der Waals surface area contributed by atoms with E-state index < -0.39 is 0 Å². The molecule has 0 aliphatic carbocycles. The summed E-state index contributed by atoms with van der Waals surface area (Å²) in [5.74, 6) is -0.137. The van der Waals surface area contributed by atoms with Crippen LogP contribution in [0.3, 0.4) is 0 Å². The average molecular weight is 463 g/mol. The molecule has 0 spiro atoms. The fourth-order valence-electron chi connectivity index (χ4n) is 2.70. The number of aromatic amines is 1. The van der Waals surface area contributed by atoms with Crippen LogP contribution in [-0.4, -0.2) is 26.1 Å². The summed E-state index contributed by atoms with van der Waals surface area (Å²) in [4.78, 5) is 24.9. The van der Waals surface area contributed by atoms with E-state index in [9.17, 15) is 4.79 Å². The number of carbonyl (C=O) groups is 1. The molecule has 0 saturated carbocycles. The Hall–Kier alpha value is -2.06. The van der Waals surface area contributed by atoms with Crippen LogP contribution in [0.5, 0.6) is 0 Å². The predicted molar refractivity (Wildman–Crippen MR) is 122 cm³/mol. The molecule has 4 aromatic rings. The maximum absolute atomic E-state index is 12.6. The Labute approximate surface area is 185 Å². The number of imidazole rings is 1. The van der Waals surface area contributed by atoms with Crippen LogP contribution < -0.4 is 5.32 Å². The molecule has 0 aliphatic heterocycles. The van der Waals surface area contributed by atoms with Crippen LogP contribution in [-0.2, 0) is 4.79 Å². The number of hydrogen-bond donors (Lipinski definition) is 2. The van der Waals surface area contributed by atoms with E-state index in [1.807, 2.05) is 43.5 Å². The molecule has 2 heterocycles. The Kier molecular flexibility index (Phi) is 5.83. The van der Waals surface area contributed by atoms with E-state index in [1.54, 1.807) is 12.1 Å². The molecule has 4 rings (SSSR count). The monoisotopic (exact) mass is 462 g/mol. The van der Waals surface area contributed by atoms with Crippen LogP contribution in [0.25, 0.3) is 22.3 Å². The maximum Gasteiger partial charge on any atom is 0.239 e. The molecule has 2 aromatic carbocycles. The minimum Gasteiger partial charge on any atom is -0.333 e. The number of hydrogen-bond acceptors (Lipinski definition) is 5. The highest BCUT2D eigenvalue weighted by molar-refractivity contribution is 8.00. The molecule has 5 nitrogen and oxygen atoms in total. The highest BCUT2D eigenvalue weighted by atomic mass is 35.5. The van der Waals surface area contributed by atoms with E-state index >= 15 is 0 Å². The minimum absolute atomic E-state index is 0.137. The summed E-state index contributed by atoms with van der Waals surface area (Å²) in [6.45, 7) is 3.87. The molecule has 0 saturated heterocycles. The molecule has 1 atom stereocenters. The second kappa shape index (κ2) is 8.36.